The van der Waals surface area contributed by atoms with E-state index in [1.807, 2.05) is 44.2 Å². The van der Waals surface area contributed by atoms with Crippen molar-refractivity contribution < 1.29 is 17.9 Å². The first kappa shape index (κ1) is 21.4. The van der Waals surface area contributed by atoms with Crippen molar-refractivity contribution >= 4 is 27.3 Å². The van der Waals surface area contributed by atoms with E-state index in [9.17, 15) is 13.2 Å². The fourth-order valence-corrected chi connectivity index (χ4v) is 3.81. The summed E-state index contributed by atoms with van der Waals surface area (Å²) in [6, 6.07) is 21.4. The summed E-state index contributed by atoms with van der Waals surface area (Å²) in [5.41, 5.74) is 2.92. The summed E-state index contributed by atoms with van der Waals surface area (Å²) in [6.45, 7) is 3.48. The van der Waals surface area contributed by atoms with Gasteiger partial charge in [0.1, 0.15) is 12.3 Å². The van der Waals surface area contributed by atoms with Gasteiger partial charge < -0.3 is 10.1 Å². The van der Waals surface area contributed by atoms with Crippen LogP contribution in [0.25, 0.3) is 0 Å². The highest BCUT2D eigenvalue weighted by Gasteiger charge is 2.24. The van der Waals surface area contributed by atoms with Crippen LogP contribution in [0.2, 0.25) is 0 Å². The molecule has 7 heteroatoms. The molecule has 156 valence electrons. The highest BCUT2D eigenvalue weighted by Crippen LogP contribution is 2.33. The minimum atomic E-state index is -3.75. The van der Waals surface area contributed by atoms with Crippen molar-refractivity contribution in [1.82, 2.24) is 0 Å². The lowest BCUT2D eigenvalue weighted by Crippen LogP contribution is -2.37. The van der Waals surface area contributed by atoms with Crippen molar-refractivity contribution in [2.24, 2.45) is 0 Å². The number of ether oxygens (including phenoxy) is 1. The van der Waals surface area contributed by atoms with E-state index in [0.29, 0.717) is 22.9 Å². The molecule has 0 spiro atoms. The van der Waals surface area contributed by atoms with Gasteiger partial charge in [-0.15, -0.1) is 0 Å². The van der Waals surface area contributed by atoms with E-state index in [1.165, 1.54) is 0 Å². The van der Waals surface area contributed by atoms with E-state index in [0.717, 1.165) is 21.7 Å². The summed E-state index contributed by atoms with van der Waals surface area (Å²) in [7, 11) is -3.75. The van der Waals surface area contributed by atoms with E-state index < -0.39 is 15.9 Å². The minimum absolute atomic E-state index is 0.292. The lowest BCUT2D eigenvalue weighted by molar-refractivity contribution is -0.114. The quantitative estimate of drug-likeness (QED) is 0.606. The fourth-order valence-electron chi connectivity index (χ4n) is 2.95. The molecule has 0 aliphatic carbocycles. The Morgan fingerprint density at radius 1 is 0.933 bits per heavy atom. The lowest BCUT2D eigenvalue weighted by Gasteiger charge is -2.24. The molecular formula is C23H24N2O4S. The molecule has 0 aliphatic rings. The molecule has 0 fully saturated rings. The van der Waals surface area contributed by atoms with Gasteiger partial charge in [-0.05, 0) is 55.3 Å². The second kappa shape index (κ2) is 9.00. The molecule has 0 aromatic heterocycles. The number of aryl methyl sites for hydroxylation is 1. The molecule has 0 bridgehead atoms. The molecule has 30 heavy (non-hydrogen) atoms. The fraction of sp³-hybridized carbons (Fsp3) is 0.174. The summed E-state index contributed by atoms with van der Waals surface area (Å²) in [5.74, 6) is 0.468. The van der Waals surface area contributed by atoms with Gasteiger partial charge in [0.15, 0.2) is 5.75 Å². The molecule has 0 saturated heterocycles. The summed E-state index contributed by atoms with van der Waals surface area (Å²) in [4.78, 5) is 12.7. The molecule has 3 aromatic carbocycles. The summed E-state index contributed by atoms with van der Waals surface area (Å²) in [6.07, 6.45) is 1.07. The normalized spacial score (nSPS) is 11.0. The number of amides is 1. The molecular weight excluding hydrogens is 400 g/mol. The number of nitrogens with one attached hydrogen (secondary N) is 1. The van der Waals surface area contributed by atoms with Gasteiger partial charge in [0.2, 0.25) is 15.9 Å². The Morgan fingerprint density at radius 3 is 2.30 bits per heavy atom. The average Bonchev–Trinajstić information content (AvgIpc) is 2.70. The van der Waals surface area contributed by atoms with Crippen LogP contribution >= 0.6 is 0 Å². The molecule has 1 N–H and O–H groups in total. The van der Waals surface area contributed by atoms with Gasteiger partial charge in [0.05, 0.1) is 11.9 Å². The molecule has 0 heterocycles. The first-order chi connectivity index (χ1) is 14.3. The smallest absolute Gasteiger partial charge is 0.245 e. The number of hydrogen-bond donors (Lipinski definition) is 1. The predicted octanol–water partition coefficient (Wildman–Crippen LogP) is 4.50. The van der Waals surface area contributed by atoms with E-state index in [2.05, 4.69) is 5.32 Å². The van der Waals surface area contributed by atoms with E-state index in [4.69, 9.17) is 4.74 Å². The van der Waals surface area contributed by atoms with Gasteiger partial charge in [-0.1, -0.05) is 42.5 Å². The third-order valence-electron chi connectivity index (χ3n) is 4.67. The number of carbonyl (C=O) groups excluding carboxylic acids is 1. The maximum absolute atomic E-state index is 12.7. The molecule has 3 rings (SSSR count). The highest BCUT2D eigenvalue weighted by molar-refractivity contribution is 7.92. The Balaban J connectivity index is 1.89. The van der Waals surface area contributed by atoms with Crippen LogP contribution in [0.1, 0.15) is 11.1 Å². The standard InChI is InChI=1S/C23H24N2O4S/c1-17-10-9-13-20(18(17)2)24-23(26)16-25(30(3,27)28)21-14-7-8-15-22(21)29-19-11-5-4-6-12-19/h4-15H,16H2,1-3H3,(H,24,26). The first-order valence-corrected chi connectivity index (χ1v) is 11.3. The van der Waals surface area contributed by atoms with Crippen LogP contribution < -0.4 is 14.4 Å². The Kier molecular flexibility index (Phi) is 6.42. The number of benzene rings is 3. The van der Waals surface area contributed by atoms with E-state index in [-0.39, 0.29) is 6.54 Å². The Labute approximate surface area is 177 Å². The van der Waals surface area contributed by atoms with Gasteiger partial charge in [0.25, 0.3) is 0 Å². The summed E-state index contributed by atoms with van der Waals surface area (Å²) < 4.78 is 32.0. The van der Waals surface area contributed by atoms with Crippen LogP contribution in [-0.2, 0) is 14.8 Å². The van der Waals surface area contributed by atoms with Gasteiger partial charge in [-0.25, -0.2) is 8.42 Å². The van der Waals surface area contributed by atoms with Crippen molar-refractivity contribution in [2.75, 3.05) is 22.4 Å². The molecule has 0 atom stereocenters. The summed E-state index contributed by atoms with van der Waals surface area (Å²) >= 11 is 0. The zero-order chi connectivity index (χ0) is 21.7. The predicted molar refractivity (Wildman–Crippen MR) is 120 cm³/mol. The Bertz CT molecular complexity index is 1140. The Morgan fingerprint density at radius 2 is 1.60 bits per heavy atom. The second-order valence-corrected chi connectivity index (χ2v) is 8.85. The minimum Gasteiger partial charge on any atom is -0.455 e. The van der Waals surface area contributed by atoms with Gasteiger partial charge in [-0.2, -0.15) is 0 Å². The maximum Gasteiger partial charge on any atom is 0.245 e. The van der Waals surface area contributed by atoms with Gasteiger partial charge in [0, 0.05) is 5.69 Å². The summed E-state index contributed by atoms with van der Waals surface area (Å²) in [5, 5.41) is 2.81. The maximum atomic E-state index is 12.7. The van der Waals surface area contributed by atoms with E-state index in [1.54, 1.807) is 42.5 Å². The number of sulfonamides is 1. The van der Waals surface area contributed by atoms with Crippen LogP contribution in [0.15, 0.2) is 72.8 Å². The van der Waals surface area contributed by atoms with Gasteiger partial charge >= 0.3 is 0 Å². The molecule has 0 saturated carbocycles. The molecule has 0 radical (unpaired) electrons. The van der Waals surface area contributed by atoms with Crippen molar-refractivity contribution in [3.8, 4) is 11.5 Å². The molecule has 1 amide bonds. The first-order valence-electron chi connectivity index (χ1n) is 9.41. The number of carbonyl (C=O) groups is 1. The lowest BCUT2D eigenvalue weighted by atomic mass is 10.1. The number of hydrogen-bond acceptors (Lipinski definition) is 4. The van der Waals surface area contributed by atoms with Gasteiger partial charge in [-0.3, -0.25) is 9.10 Å². The highest BCUT2D eigenvalue weighted by atomic mass is 32.2. The van der Waals surface area contributed by atoms with Crippen LogP contribution in [-0.4, -0.2) is 27.1 Å². The third-order valence-corrected chi connectivity index (χ3v) is 5.80. The number of para-hydroxylation sites is 3. The van der Waals surface area contributed by atoms with Crippen molar-refractivity contribution in [1.29, 1.82) is 0 Å². The monoisotopic (exact) mass is 424 g/mol. The second-order valence-electron chi connectivity index (χ2n) is 6.95. The van der Waals surface area contributed by atoms with Crippen molar-refractivity contribution in [3.63, 3.8) is 0 Å². The molecule has 0 unspecified atom stereocenters. The molecule has 0 aliphatic heterocycles. The van der Waals surface area contributed by atoms with Crippen LogP contribution in [0.4, 0.5) is 11.4 Å². The SMILES string of the molecule is Cc1cccc(NC(=O)CN(c2ccccc2Oc2ccccc2)S(C)(=O)=O)c1C. The number of rotatable bonds is 7. The van der Waals surface area contributed by atoms with Crippen molar-refractivity contribution in [3.05, 3.63) is 83.9 Å². The number of anilines is 2. The average molecular weight is 425 g/mol. The Hall–Kier alpha value is -3.32. The number of nitrogens with zero attached hydrogens (tertiary/aromatic N) is 1. The van der Waals surface area contributed by atoms with Crippen LogP contribution in [0.3, 0.4) is 0 Å². The van der Waals surface area contributed by atoms with Crippen molar-refractivity contribution in [2.45, 2.75) is 13.8 Å². The zero-order valence-electron chi connectivity index (χ0n) is 17.1. The topological polar surface area (TPSA) is 75.7 Å². The molecule has 6 nitrogen and oxygen atoms in total. The molecule has 3 aromatic rings. The zero-order valence-corrected chi connectivity index (χ0v) is 17.9. The van der Waals surface area contributed by atoms with Crippen LogP contribution in [0, 0.1) is 13.8 Å². The van der Waals surface area contributed by atoms with E-state index >= 15 is 0 Å². The van der Waals surface area contributed by atoms with Crippen LogP contribution in [0.5, 0.6) is 11.5 Å². The largest absolute Gasteiger partial charge is 0.455 e. The third kappa shape index (κ3) is 5.18.